The molecule has 2 aliphatic carbocycles. The quantitative estimate of drug-likeness (QED) is 0.738. The number of carbonyl (C=O) groups is 1. The third-order valence-electron chi connectivity index (χ3n) is 5.96. The summed E-state index contributed by atoms with van der Waals surface area (Å²) >= 11 is 6.17. The average Bonchev–Trinajstić information content (AvgIpc) is 2.59. The number of fused-ring (bicyclic) bond motifs is 2. The molecule has 1 aromatic carbocycles. The first kappa shape index (κ1) is 19.4. The first-order valence-corrected chi connectivity index (χ1v) is 9.63. The number of benzene rings is 1. The van der Waals surface area contributed by atoms with Gasteiger partial charge in [0.2, 0.25) is 0 Å². The van der Waals surface area contributed by atoms with E-state index in [1.807, 2.05) is 0 Å². The van der Waals surface area contributed by atoms with E-state index in [1.165, 1.54) is 7.11 Å². The second-order valence-electron chi connectivity index (χ2n) is 7.96. The van der Waals surface area contributed by atoms with Crippen LogP contribution in [0.3, 0.4) is 0 Å². The van der Waals surface area contributed by atoms with Crippen LogP contribution in [0.4, 0.5) is 8.78 Å². The second kappa shape index (κ2) is 7.71. The van der Waals surface area contributed by atoms with E-state index in [4.69, 9.17) is 16.3 Å². The van der Waals surface area contributed by atoms with Gasteiger partial charge in [-0.1, -0.05) is 11.6 Å². The molecule has 1 amide bonds. The van der Waals surface area contributed by atoms with Gasteiger partial charge in [-0.3, -0.25) is 9.18 Å². The van der Waals surface area contributed by atoms with E-state index in [2.05, 4.69) is 5.32 Å². The van der Waals surface area contributed by atoms with Crippen molar-refractivity contribution in [1.29, 1.82) is 0 Å². The molecule has 3 rings (SSSR count). The summed E-state index contributed by atoms with van der Waals surface area (Å²) in [5.74, 6) is 0.371. The number of amides is 1. The molecule has 2 aliphatic rings. The number of halogens is 3. The topological polar surface area (TPSA) is 38.3 Å². The highest BCUT2D eigenvalue weighted by Crippen LogP contribution is 2.55. The molecule has 0 saturated heterocycles. The molecule has 0 radical (unpaired) electrons. The van der Waals surface area contributed by atoms with Crippen molar-refractivity contribution in [3.63, 3.8) is 0 Å². The van der Waals surface area contributed by atoms with Gasteiger partial charge in [0.05, 0.1) is 24.4 Å². The molecule has 1 N–H and O–H groups in total. The van der Waals surface area contributed by atoms with Gasteiger partial charge in [-0.25, -0.2) is 4.39 Å². The summed E-state index contributed by atoms with van der Waals surface area (Å²) in [6, 6.07) is 4.91. The zero-order valence-electron chi connectivity index (χ0n) is 15.1. The molecule has 2 fully saturated rings. The number of ether oxygens (including phenoxy) is 1. The maximum Gasteiger partial charge on any atom is 0.252 e. The highest BCUT2D eigenvalue weighted by atomic mass is 35.5. The molecule has 6 heteroatoms. The first-order valence-electron chi connectivity index (χ1n) is 9.25. The molecule has 3 unspecified atom stereocenters. The lowest BCUT2D eigenvalue weighted by molar-refractivity contribution is -0.0541. The van der Waals surface area contributed by atoms with Gasteiger partial charge in [-0.2, -0.15) is 0 Å². The second-order valence-corrected chi connectivity index (χ2v) is 8.37. The summed E-state index contributed by atoms with van der Waals surface area (Å²) in [6.07, 6.45) is 4.34. The van der Waals surface area contributed by atoms with Crippen LogP contribution in [0.15, 0.2) is 18.2 Å². The van der Waals surface area contributed by atoms with Crippen LogP contribution in [0.5, 0.6) is 5.75 Å². The third-order valence-corrected chi connectivity index (χ3v) is 6.27. The SMILES string of the molecule is COc1ccc(C(=O)NCC23CCCC(F)(CC(CCF)C2)C3)c(Cl)c1. The van der Waals surface area contributed by atoms with Gasteiger partial charge in [0, 0.05) is 6.54 Å². The first-order chi connectivity index (χ1) is 12.4. The summed E-state index contributed by atoms with van der Waals surface area (Å²) in [4.78, 5) is 12.6. The lowest BCUT2D eigenvalue weighted by atomic mass is 9.57. The molecule has 2 bridgehead atoms. The molecule has 0 spiro atoms. The number of nitrogens with one attached hydrogen (secondary N) is 1. The number of hydrogen-bond acceptors (Lipinski definition) is 2. The number of carbonyl (C=O) groups excluding carboxylic acids is 1. The number of hydrogen-bond donors (Lipinski definition) is 1. The van der Waals surface area contributed by atoms with E-state index in [0.717, 1.165) is 19.3 Å². The summed E-state index contributed by atoms with van der Waals surface area (Å²) in [7, 11) is 1.54. The Morgan fingerprint density at radius 2 is 2.19 bits per heavy atom. The predicted molar refractivity (Wildman–Crippen MR) is 98.4 cm³/mol. The summed E-state index contributed by atoms with van der Waals surface area (Å²) in [6.45, 7) is -0.00666. The minimum absolute atomic E-state index is 0.0560. The van der Waals surface area contributed by atoms with E-state index in [0.29, 0.717) is 48.6 Å². The van der Waals surface area contributed by atoms with Crippen molar-refractivity contribution in [3.8, 4) is 5.75 Å². The van der Waals surface area contributed by atoms with Crippen LogP contribution in [0, 0.1) is 11.3 Å². The standard InChI is InChI=1S/C20H26ClF2NO2/c1-26-15-3-4-16(17(21)9-15)18(25)24-13-19-6-2-7-20(23,12-19)11-14(10-19)5-8-22/h3-4,9,14H,2,5-8,10-13H2,1H3,(H,24,25). The molecule has 144 valence electrons. The van der Waals surface area contributed by atoms with E-state index in [1.54, 1.807) is 18.2 Å². The summed E-state index contributed by atoms with van der Waals surface area (Å²) in [5, 5.41) is 3.27. The Balaban J connectivity index is 1.70. The van der Waals surface area contributed by atoms with Crippen LogP contribution in [-0.4, -0.2) is 31.9 Å². The molecular weight excluding hydrogens is 360 g/mol. The molecule has 0 aromatic heterocycles. The molecule has 3 atom stereocenters. The average molecular weight is 386 g/mol. The zero-order valence-corrected chi connectivity index (χ0v) is 15.9. The van der Waals surface area contributed by atoms with Crippen LogP contribution in [0.2, 0.25) is 5.02 Å². The van der Waals surface area contributed by atoms with Crippen LogP contribution >= 0.6 is 11.6 Å². The smallest absolute Gasteiger partial charge is 0.252 e. The number of methoxy groups -OCH3 is 1. The molecule has 3 nitrogen and oxygen atoms in total. The Hall–Kier alpha value is -1.36. The van der Waals surface area contributed by atoms with E-state index < -0.39 is 12.3 Å². The van der Waals surface area contributed by atoms with Gasteiger partial charge in [0.1, 0.15) is 11.4 Å². The highest BCUT2D eigenvalue weighted by Gasteiger charge is 2.51. The Morgan fingerprint density at radius 3 is 2.88 bits per heavy atom. The molecular formula is C20H26ClF2NO2. The third kappa shape index (κ3) is 4.13. The summed E-state index contributed by atoms with van der Waals surface area (Å²) in [5.41, 5.74) is -1.11. The van der Waals surface area contributed by atoms with Gasteiger partial charge >= 0.3 is 0 Å². The van der Waals surface area contributed by atoms with Crippen molar-refractivity contribution in [2.45, 2.75) is 50.6 Å². The van der Waals surface area contributed by atoms with E-state index in [9.17, 15) is 9.18 Å². The van der Waals surface area contributed by atoms with Gasteiger partial charge < -0.3 is 10.1 Å². The minimum Gasteiger partial charge on any atom is -0.497 e. The lowest BCUT2D eigenvalue weighted by Gasteiger charge is -2.51. The zero-order chi connectivity index (χ0) is 18.8. The van der Waals surface area contributed by atoms with Crippen molar-refractivity contribution in [1.82, 2.24) is 5.32 Å². The van der Waals surface area contributed by atoms with Crippen molar-refractivity contribution in [2.75, 3.05) is 20.3 Å². The minimum atomic E-state index is -1.21. The molecule has 2 saturated carbocycles. The molecule has 26 heavy (non-hydrogen) atoms. The van der Waals surface area contributed by atoms with Crippen LogP contribution in [0.25, 0.3) is 0 Å². The van der Waals surface area contributed by atoms with Gasteiger partial charge in [-0.15, -0.1) is 0 Å². The summed E-state index contributed by atoms with van der Waals surface area (Å²) < 4.78 is 33.1. The predicted octanol–water partition coefficient (Wildman–Crippen LogP) is 5.12. The van der Waals surface area contributed by atoms with Gasteiger partial charge in [0.15, 0.2) is 0 Å². The van der Waals surface area contributed by atoms with Crippen LogP contribution in [0.1, 0.15) is 55.3 Å². The Bertz CT molecular complexity index is 671. The molecule has 0 heterocycles. The van der Waals surface area contributed by atoms with Gasteiger partial charge in [-0.05, 0) is 74.5 Å². The molecule has 1 aromatic rings. The maximum atomic E-state index is 15.1. The number of rotatable bonds is 6. The van der Waals surface area contributed by atoms with E-state index in [-0.39, 0.29) is 17.2 Å². The van der Waals surface area contributed by atoms with Crippen LogP contribution < -0.4 is 10.1 Å². The van der Waals surface area contributed by atoms with E-state index >= 15 is 4.39 Å². The number of alkyl halides is 2. The lowest BCUT2D eigenvalue weighted by Crippen LogP contribution is -2.51. The van der Waals surface area contributed by atoms with Crippen LogP contribution in [-0.2, 0) is 0 Å². The monoisotopic (exact) mass is 385 g/mol. The van der Waals surface area contributed by atoms with Crippen molar-refractivity contribution in [2.24, 2.45) is 11.3 Å². The Labute approximate surface area is 158 Å². The van der Waals surface area contributed by atoms with Crippen molar-refractivity contribution >= 4 is 17.5 Å². The van der Waals surface area contributed by atoms with Crippen molar-refractivity contribution < 1.29 is 18.3 Å². The Kier molecular flexibility index (Phi) is 5.75. The van der Waals surface area contributed by atoms with Crippen molar-refractivity contribution in [3.05, 3.63) is 28.8 Å². The highest BCUT2D eigenvalue weighted by molar-refractivity contribution is 6.34. The fourth-order valence-corrected chi connectivity index (χ4v) is 5.19. The fourth-order valence-electron chi connectivity index (χ4n) is 4.93. The largest absolute Gasteiger partial charge is 0.497 e. The fraction of sp³-hybridized carbons (Fsp3) is 0.650. The van der Waals surface area contributed by atoms with Gasteiger partial charge in [0.25, 0.3) is 5.91 Å². The molecule has 0 aliphatic heterocycles. The maximum absolute atomic E-state index is 15.1. The normalized spacial score (nSPS) is 30.7. The Morgan fingerprint density at radius 1 is 1.38 bits per heavy atom.